The van der Waals surface area contributed by atoms with Crippen LogP contribution in [0.25, 0.3) is 0 Å². The molecule has 0 saturated carbocycles. The predicted octanol–water partition coefficient (Wildman–Crippen LogP) is 2.66. The second-order valence-electron chi connectivity index (χ2n) is 4.99. The number of nitrogens with one attached hydrogen (secondary N) is 1. The number of carboxylic acid groups (broad SMARTS) is 1. The number of amides is 1. The summed E-state index contributed by atoms with van der Waals surface area (Å²) in [5, 5.41) is 13.0. The molecule has 0 fully saturated rings. The number of nitrogens with zero attached hydrogens (tertiary/aromatic N) is 1. The molecule has 2 atom stereocenters. The molecular weight excluding hydrogens is 284 g/mol. The van der Waals surface area contributed by atoms with E-state index in [-0.39, 0.29) is 0 Å². The summed E-state index contributed by atoms with van der Waals surface area (Å²) in [5.41, 5.74) is 0.505. The van der Waals surface area contributed by atoms with Crippen LogP contribution >= 0.6 is 11.3 Å². The monoisotopic (exact) mass is 302 g/mol. The van der Waals surface area contributed by atoms with Gasteiger partial charge in [-0.3, -0.25) is 0 Å². The number of hydrogen-bond acceptors (Lipinski definition) is 3. The zero-order valence-corrected chi connectivity index (χ0v) is 13.0. The zero-order chi connectivity index (χ0) is 14.6. The summed E-state index contributed by atoms with van der Waals surface area (Å²) in [6.45, 7) is 7.17. The average Bonchev–Trinajstić information content (AvgIpc) is 2.75. The van der Waals surface area contributed by atoms with Crippen LogP contribution in [0.1, 0.15) is 32.6 Å². The average molecular weight is 302 g/mol. The van der Waals surface area contributed by atoms with Crippen LogP contribution in [0, 0.1) is 0 Å². The van der Waals surface area contributed by atoms with E-state index in [1.54, 1.807) is 6.92 Å². The van der Waals surface area contributed by atoms with Gasteiger partial charge in [-0.05, 0) is 39.1 Å². The Morgan fingerprint density at radius 1 is 1.53 bits per heavy atom. The molecule has 0 spiro atoms. The van der Waals surface area contributed by atoms with Crippen molar-refractivity contribution in [1.29, 1.82) is 0 Å². The summed E-state index contributed by atoms with van der Waals surface area (Å²) in [4.78, 5) is 11.5. The highest BCUT2D eigenvalue weighted by molar-refractivity contribution is 7.85. The quantitative estimate of drug-likeness (QED) is 0.839. The molecule has 0 saturated heterocycles. The Morgan fingerprint density at radius 3 is 2.58 bits per heavy atom. The van der Waals surface area contributed by atoms with Gasteiger partial charge in [0.2, 0.25) is 0 Å². The maximum absolute atomic E-state index is 12.1. The Bertz CT molecular complexity index is 490. The molecule has 1 aromatic heterocycles. The molecule has 1 aromatic rings. The largest absolute Gasteiger partial charge is 0.465 e. The molecule has 106 valence electrons. The molecule has 7 heteroatoms. The number of carbonyl (C=O) groups is 1. The van der Waals surface area contributed by atoms with E-state index < -0.39 is 27.9 Å². The van der Waals surface area contributed by atoms with Crippen LogP contribution in [0.2, 0.25) is 0 Å². The second-order valence-corrected chi connectivity index (χ2v) is 7.84. The van der Waals surface area contributed by atoms with Crippen LogP contribution in [0.4, 0.5) is 4.79 Å². The Hall–Kier alpha value is -1.21. The zero-order valence-electron chi connectivity index (χ0n) is 11.3. The standard InChI is InChI=1S/C12H18N2O3S2/c1-8(13-11(15)16)10(9-6-5-7-18-9)14-19(17)12(2,3)4/h5-8,13H,1-4H3,(H,15,16)/t8-,19?/m0/s1. The molecule has 0 aliphatic rings. The van der Waals surface area contributed by atoms with Gasteiger partial charge < -0.3 is 10.4 Å². The highest BCUT2D eigenvalue weighted by Crippen LogP contribution is 2.18. The summed E-state index contributed by atoms with van der Waals surface area (Å²) in [5.74, 6) is 0. The van der Waals surface area contributed by atoms with Crippen LogP contribution in [-0.4, -0.2) is 31.9 Å². The number of thiophene rings is 1. The minimum absolute atomic E-state index is 0.481. The first kappa shape index (κ1) is 15.8. The van der Waals surface area contributed by atoms with Crippen LogP contribution in [0.5, 0.6) is 0 Å². The van der Waals surface area contributed by atoms with Gasteiger partial charge in [-0.15, -0.1) is 11.3 Å². The minimum Gasteiger partial charge on any atom is -0.465 e. The van der Waals surface area contributed by atoms with Gasteiger partial charge in [-0.2, -0.15) is 4.40 Å². The Balaban J connectivity index is 3.10. The molecule has 0 aromatic carbocycles. The molecule has 0 aliphatic heterocycles. The van der Waals surface area contributed by atoms with Gasteiger partial charge in [-0.1, -0.05) is 6.07 Å². The fourth-order valence-electron chi connectivity index (χ4n) is 1.24. The van der Waals surface area contributed by atoms with Crippen molar-refractivity contribution in [3.63, 3.8) is 0 Å². The molecule has 1 heterocycles. The van der Waals surface area contributed by atoms with E-state index in [0.29, 0.717) is 5.71 Å². The van der Waals surface area contributed by atoms with Crippen molar-refractivity contribution in [3.05, 3.63) is 22.4 Å². The Morgan fingerprint density at radius 2 is 2.16 bits per heavy atom. The Labute approximate surface area is 119 Å². The first-order valence-corrected chi connectivity index (χ1v) is 7.74. The molecule has 19 heavy (non-hydrogen) atoms. The third kappa shape index (κ3) is 4.76. The van der Waals surface area contributed by atoms with Crippen molar-refractivity contribution < 1.29 is 14.1 Å². The summed E-state index contributed by atoms with van der Waals surface area (Å²) in [7, 11) is -1.43. The Kier molecular flexibility index (Phi) is 5.25. The number of hydrogen-bond donors (Lipinski definition) is 2. The summed E-state index contributed by atoms with van der Waals surface area (Å²) < 4.78 is 15.8. The molecule has 2 N–H and O–H groups in total. The van der Waals surface area contributed by atoms with Crippen LogP contribution in [0.15, 0.2) is 21.9 Å². The molecule has 5 nitrogen and oxygen atoms in total. The maximum Gasteiger partial charge on any atom is 0.405 e. The third-order valence-electron chi connectivity index (χ3n) is 2.23. The van der Waals surface area contributed by atoms with Crippen LogP contribution in [-0.2, 0) is 11.0 Å². The van der Waals surface area contributed by atoms with Crippen molar-refractivity contribution in [1.82, 2.24) is 5.32 Å². The van der Waals surface area contributed by atoms with Crippen molar-refractivity contribution in [2.45, 2.75) is 38.5 Å². The van der Waals surface area contributed by atoms with Gasteiger partial charge in [0.15, 0.2) is 0 Å². The van der Waals surface area contributed by atoms with E-state index >= 15 is 0 Å². The highest BCUT2D eigenvalue weighted by atomic mass is 32.2. The van der Waals surface area contributed by atoms with Crippen molar-refractivity contribution in [2.24, 2.45) is 4.40 Å². The fraction of sp³-hybridized carbons (Fsp3) is 0.500. The molecular formula is C12H18N2O3S2. The normalized spacial score (nSPS) is 15.9. The van der Waals surface area contributed by atoms with Crippen molar-refractivity contribution in [2.75, 3.05) is 0 Å². The van der Waals surface area contributed by atoms with E-state index in [1.807, 2.05) is 38.3 Å². The summed E-state index contributed by atoms with van der Waals surface area (Å²) in [6, 6.07) is 3.18. The fourth-order valence-corrected chi connectivity index (χ4v) is 2.81. The third-order valence-corrected chi connectivity index (χ3v) is 4.53. The lowest BCUT2D eigenvalue weighted by Crippen LogP contribution is -2.38. The molecule has 1 amide bonds. The van der Waals surface area contributed by atoms with E-state index in [9.17, 15) is 9.00 Å². The maximum atomic E-state index is 12.1. The molecule has 0 aliphatic carbocycles. The highest BCUT2D eigenvalue weighted by Gasteiger charge is 2.23. The van der Waals surface area contributed by atoms with E-state index in [1.165, 1.54) is 11.3 Å². The van der Waals surface area contributed by atoms with Crippen molar-refractivity contribution in [3.8, 4) is 0 Å². The van der Waals surface area contributed by atoms with Gasteiger partial charge in [0.25, 0.3) is 0 Å². The minimum atomic E-state index is -1.43. The van der Waals surface area contributed by atoms with Gasteiger partial charge in [0.1, 0.15) is 11.0 Å². The lowest BCUT2D eigenvalue weighted by atomic mass is 10.2. The summed E-state index contributed by atoms with van der Waals surface area (Å²) >= 11 is 1.44. The molecule has 1 unspecified atom stereocenters. The molecule has 0 radical (unpaired) electrons. The van der Waals surface area contributed by atoms with Gasteiger partial charge in [0.05, 0.1) is 21.4 Å². The van der Waals surface area contributed by atoms with Gasteiger partial charge in [-0.25, -0.2) is 9.00 Å². The second kappa shape index (κ2) is 6.29. The lowest BCUT2D eigenvalue weighted by molar-refractivity contribution is 0.193. The van der Waals surface area contributed by atoms with E-state index in [2.05, 4.69) is 9.71 Å². The van der Waals surface area contributed by atoms with E-state index in [0.717, 1.165) is 4.88 Å². The number of rotatable bonds is 4. The SMILES string of the molecule is C[C@H](NC(=O)O)C(=NS(=O)C(C)(C)C)c1cccs1. The van der Waals surface area contributed by atoms with Crippen LogP contribution < -0.4 is 5.32 Å². The predicted molar refractivity (Wildman–Crippen MR) is 79.4 cm³/mol. The first-order chi connectivity index (χ1) is 8.71. The smallest absolute Gasteiger partial charge is 0.405 e. The van der Waals surface area contributed by atoms with Crippen LogP contribution in [0.3, 0.4) is 0 Å². The molecule has 0 bridgehead atoms. The first-order valence-electron chi connectivity index (χ1n) is 5.75. The van der Waals surface area contributed by atoms with Crippen molar-refractivity contribution >= 4 is 34.1 Å². The van der Waals surface area contributed by atoms with Gasteiger partial charge >= 0.3 is 6.09 Å². The topological polar surface area (TPSA) is 78.8 Å². The van der Waals surface area contributed by atoms with E-state index in [4.69, 9.17) is 5.11 Å². The molecule has 1 rings (SSSR count). The van der Waals surface area contributed by atoms with Gasteiger partial charge in [0, 0.05) is 0 Å². The summed E-state index contributed by atoms with van der Waals surface area (Å²) in [6.07, 6.45) is -1.13. The lowest BCUT2D eigenvalue weighted by Gasteiger charge is -2.17.